The van der Waals surface area contributed by atoms with E-state index in [0.717, 1.165) is 0 Å². The number of nitrogens with one attached hydrogen (secondary N) is 2. The van der Waals surface area contributed by atoms with E-state index in [1.54, 1.807) is 32.2 Å². The number of methoxy groups -OCH3 is 1. The molecule has 0 aromatic heterocycles. The smallest absolute Gasteiger partial charge is 0.251 e. The van der Waals surface area contributed by atoms with Crippen LogP contribution in [0.5, 0.6) is 5.75 Å². The lowest BCUT2D eigenvalue weighted by molar-refractivity contribution is -0.122. The van der Waals surface area contributed by atoms with E-state index in [4.69, 9.17) is 4.74 Å². The van der Waals surface area contributed by atoms with Crippen molar-refractivity contribution in [3.8, 4) is 5.75 Å². The van der Waals surface area contributed by atoms with Gasteiger partial charge in [-0.25, -0.2) is 0 Å². The van der Waals surface area contributed by atoms with Gasteiger partial charge in [-0.05, 0) is 48.0 Å². The number of carbonyl (C=O) groups excluding carboxylic acids is 2. The van der Waals surface area contributed by atoms with Gasteiger partial charge in [0.1, 0.15) is 11.8 Å². The standard InChI is InChI=1S/C13H17BrN2O3/c1-4-15-12(17)8(2)16-13(18)9-5-6-11(19-3)10(14)7-9/h5-8H,4H2,1-3H3,(H,15,17)(H,16,18). The first-order valence-electron chi connectivity index (χ1n) is 5.91. The highest BCUT2D eigenvalue weighted by Crippen LogP contribution is 2.25. The maximum atomic E-state index is 12.0. The van der Waals surface area contributed by atoms with Crippen LogP contribution in [0.15, 0.2) is 22.7 Å². The third-order valence-corrected chi connectivity index (χ3v) is 3.13. The van der Waals surface area contributed by atoms with E-state index < -0.39 is 6.04 Å². The average Bonchev–Trinajstić information content (AvgIpc) is 2.38. The van der Waals surface area contributed by atoms with E-state index in [-0.39, 0.29) is 11.8 Å². The van der Waals surface area contributed by atoms with Gasteiger partial charge < -0.3 is 15.4 Å². The van der Waals surface area contributed by atoms with Crippen molar-refractivity contribution in [3.63, 3.8) is 0 Å². The van der Waals surface area contributed by atoms with Crippen molar-refractivity contribution >= 4 is 27.7 Å². The van der Waals surface area contributed by atoms with Gasteiger partial charge in [-0.2, -0.15) is 0 Å². The number of ether oxygens (including phenoxy) is 1. The molecule has 1 unspecified atom stereocenters. The van der Waals surface area contributed by atoms with Crippen molar-refractivity contribution in [3.05, 3.63) is 28.2 Å². The molecule has 6 heteroatoms. The van der Waals surface area contributed by atoms with Crippen LogP contribution in [0.2, 0.25) is 0 Å². The first kappa shape index (κ1) is 15.5. The number of benzene rings is 1. The van der Waals surface area contributed by atoms with Gasteiger partial charge in [0.15, 0.2) is 0 Å². The van der Waals surface area contributed by atoms with E-state index in [1.807, 2.05) is 6.92 Å². The second-order valence-electron chi connectivity index (χ2n) is 3.94. The minimum atomic E-state index is -0.576. The van der Waals surface area contributed by atoms with Gasteiger partial charge in [-0.15, -0.1) is 0 Å². The lowest BCUT2D eigenvalue weighted by atomic mass is 10.2. The molecule has 0 bridgehead atoms. The SMILES string of the molecule is CCNC(=O)C(C)NC(=O)c1ccc(OC)c(Br)c1. The summed E-state index contributed by atoms with van der Waals surface area (Å²) in [5.74, 6) is 0.138. The van der Waals surface area contributed by atoms with E-state index in [9.17, 15) is 9.59 Å². The summed E-state index contributed by atoms with van der Waals surface area (Å²) in [6, 6.07) is 4.41. The van der Waals surface area contributed by atoms with Crippen LogP contribution in [0.4, 0.5) is 0 Å². The Bertz CT molecular complexity index is 477. The largest absolute Gasteiger partial charge is 0.496 e. The molecule has 0 radical (unpaired) electrons. The first-order chi connectivity index (χ1) is 8.99. The molecule has 0 aliphatic heterocycles. The second-order valence-corrected chi connectivity index (χ2v) is 4.79. The number of carbonyl (C=O) groups is 2. The Morgan fingerprint density at radius 2 is 2.11 bits per heavy atom. The molecule has 0 saturated carbocycles. The van der Waals surface area contributed by atoms with Crippen LogP contribution in [0.3, 0.4) is 0 Å². The van der Waals surface area contributed by atoms with Crippen LogP contribution >= 0.6 is 15.9 Å². The summed E-state index contributed by atoms with van der Waals surface area (Å²) in [5, 5.41) is 5.28. The zero-order chi connectivity index (χ0) is 14.4. The Hall–Kier alpha value is -1.56. The van der Waals surface area contributed by atoms with Crippen LogP contribution in [-0.4, -0.2) is 31.5 Å². The summed E-state index contributed by atoms with van der Waals surface area (Å²) in [5.41, 5.74) is 0.462. The highest BCUT2D eigenvalue weighted by Gasteiger charge is 2.16. The summed E-state index contributed by atoms with van der Waals surface area (Å²) in [6.07, 6.45) is 0. The lowest BCUT2D eigenvalue weighted by Crippen LogP contribution is -2.44. The van der Waals surface area contributed by atoms with Gasteiger partial charge in [0.05, 0.1) is 11.6 Å². The lowest BCUT2D eigenvalue weighted by Gasteiger charge is -2.13. The fraction of sp³-hybridized carbons (Fsp3) is 0.385. The summed E-state index contributed by atoms with van der Waals surface area (Å²) in [4.78, 5) is 23.5. The third kappa shape index (κ3) is 4.24. The van der Waals surface area contributed by atoms with Crippen LogP contribution < -0.4 is 15.4 Å². The van der Waals surface area contributed by atoms with Crippen molar-refractivity contribution in [2.24, 2.45) is 0 Å². The Morgan fingerprint density at radius 1 is 1.42 bits per heavy atom. The monoisotopic (exact) mass is 328 g/mol. The maximum absolute atomic E-state index is 12.0. The van der Waals surface area contributed by atoms with Crippen LogP contribution in [0.25, 0.3) is 0 Å². The predicted molar refractivity (Wildman–Crippen MR) is 76.3 cm³/mol. The van der Waals surface area contributed by atoms with Crippen LogP contribution in [0.1, 0.15) is 24.2 Å². The molecule has 2 N–H and O–H groups in total. The Morgan fingerprint density at radius 3 is 2.63 bits per heavy atom. The number of likely N-dealkylation sites (N-methyl/N-ethyl adjacent to an activating group) is 1. The molecule has 19 heavy (non-hydrogen) atoms. The molecule has 0 aliphatic rings. The third-order valence-electron chi connectivity index (χ3n) is 2.51. The van der Waals surface area contributed by atoms with Crippen molar-refractivity contribution in [2.75, 3.05) is 13.7 Å². The van der Waals surface area contributed by atoms with Gasteiger partial charge >= 0.3 is 0 Å². The van der Waals surface area contributed by atoms with Crippen molar-refractivity contribution in [1.82, 2.24) is 10.6 Å². The topological polar surface area (TPSA) is 67.4 Å². The van der Waals surface area contributed by atoms with E-state index in [1.165, 1.54) is 0 Å². The van der Waals surface area contributed by atoms with E-state index >= 15 is 0 Å². The van der Waals surface area contributed by atoms with Gasteiger partial charge in [0.2, 0.25) is 5.91 Å². The highest BCUT2D eigenvalue weighted by molar-refractivity contribution is 9.10. The Balaban J connectivity index is 2.73. The highest BCUT2D eigenvalue weighted by atomic mass is 79.9. The predicted octanol–water partition coefficient (Wildman–Crippen LogP) is 1.71. The molecule has 1 atom stereocenters. The van der Waals surface area contributed by atoms with Crippen LogP contribution in [0, 0.1) is 0 Å². The fourth-order valence-electron chi connectivity index (χ4n) is 1.48. The number of hydrogen-bond donors (Lipinski definition) is 2. The quantitative estimate of drug-likeness (QED) is 0.864. The van der Waals surface area contributed by atoms with Crippen molar-refractivity contribution < 1.29 is 14.3 Å². The molecule has 104 valence electrons. The zero-order valence-corrected chi connectivity index (χ0v) is 12.7. The molecular weight excluding hydrogens is 312 g/mol. The molecule has 5 nitrogen and oxygen atoms in total. The summed E-state index contributed by atoms with van der Waals surface area (Å²) < 4.78 is 5.78. The number of halogens is 1. The molecule has 1 aromatic carbocycles. The average molecular weight is 329 g/mol. The minimum Gasteiger partial charge on any atom is -0.496 e. The minimum absolute atomic E-state index is 0.205. The molecule has 0 heterocycles. The second kappa shape index (κ2) is 7.13. The summed E-state index contributed by atoms with van der Waals surface area (Å²) >= 11 is 3.31. The molecule has 1 aromatic rings. The van der Waals surface area contributed by atoms with Gasteiger partial charge in [-0.1, -0.05) is 0 Å². The normalized spacial score (nSPS) is 11.6. The molecule has 0 spiro atoms. The maximum Gasteiger partial charge on any atom is 0.251 e. The number of amides is 2. The molecule has 0 aliphatic carbocycles. The van der Waals surface area contributed by atoms with Gasteiger partial charge in [0.25, 0.3) is 5.91 Å². The van der Waals surface area contributed by atoms with E-state index in [2.05, 4.69) is 26.6 Å². The Kier molecular flexibility index (Phi) is 5.82. The van der Waals surface area contributed by atoms with Crippen molar-refractivity contribution in [1.29, 1.82) is 0 Å². The Labute approximate surface area is 120 Å². The molecule has 1 rings (SSSR count). The van der Waals surface area contributed by atoms with Gasteiger partial charge in [-0.3, -0.25) is 9.59 Å². The summed E-state index contributed by atoms with van der Waals surface area (Å²) in [6.45, 7) is 4.00. The van der Waals surface area contributed by atoms with E-state index in [0.29, 0.717) is 22.3 Å². The first-order valence-corrected chi connectivity index (χ1v) is 6.71. The van der Waals surface area contributed by atoms with Crippen LogP contribution in [-0.2, 0) is 4.79 Å². The molecule has 0 fully saturated rings. The molecular formula is C13H17BrN2O3. The van der Waals surface area contributed by atoms with Crippen molar-refractivity contribution in [2.45, 2.75) is 19.9 Å². The molecule has 0 saturated heterocycles. The summed E-state index contributed by atoms with van der Waals surface area (Å²) in [7, 11) is 1.55. The number of rotatable bonds is 5. The van der Waals surface area contributed by atoms with Gasteiger partial charge in [0, 0.05) is 12.1 Å². The fourth-order valence-corrected chi connectivity index (χ4v) is 2.02. The zero-order valence-electron chi connectivity index (χ0n) is 11.1. The number of hydrogen-bond acceptors (Lipinski definition) is 3. The molecule has 2 amide bonds.